The smallest absolute Gasteiger partial charge is 0.326 e. The van der Waals surface area contributed by atoms with E-state index in [1.165, 1.54) is 11.8 Å². The largest absolute Gasteiger partial charge is 0.349 e. The summed E-state index contributed by atoms with van der Waals surface area (Å²) in [6.45, 7) is 10.0. The van der Waals surface area contributed by atoms with Crippen LogP contribution in [-0.4, -0.2) is 56.5 Å². The molecule has 0 atom stereocenters. The number of para-hydroxylation sites is 2. The molecule has 0 bridgehead atoms. The Morgan fingerprint density at radius 1 is 1.07 bits per heavy atom. The zero-order chi connectivity index (χ0) is 28.1. The second-order valence-electron chi connectivity index (χ2n) is 9.64. The fourth-order valence-corrected chi connectivity index (χ4v) is 6.10. The molecule has 1 fully saturated rings. The van der Waals surface area contributed by atoms with Gasteiger partial charge in [0.15, 0.2) is 5.16 Å². The molecule has 1 N–H and O–H groups in total. The van der Waals surface area contributed by atoms with Gasteiger partial charge >= 0.3 is 5.69 Å². The van der Waals surface area contributed by atoms with Crippen molar-refractivity contribution >= 4 is 46.1 Å². The molecule has 1 amide bonds. The number of thioether (sulfide) groups is 1. The van der Waals surface area contributed by atoms with Crippen molar-refractivity contribution < 1.29 is 4.79 Å². The molecule has 8 nitrogen and oxygen atoms in total. The van der Waals surface area contributed by atoms with Gasteiger partial charge in [0.25, 0.3) is 5.91 Å². The molecule has 0 unspecified atom stereocenters. The van der Waals surface area contributed by atoms with Gasteiger partial charge in [-0.2, -0.15) is 0 Å². The van der Waals surface area contributed by atoms with E-state index in [0.717, 1.165) is 29.4 Å². The van der Waals surface area contributed by atoms with Crippen LogP contribution in [0.3, 0.4) is 0 Å². The number of carbonyl (C=O) groups excluding carboxylic acids is 1. The van der Waals surface area contributed by atoms with Gasteiger partial charge in [0.1, 0.15) is 11.0 Å². The van der Waals surface area contributed by atoms with E-state index >= 15 is 0 Å². The van der Waals surface area contributed by atoms with Crippen LogP contribution in [0.5, 0.6) is 0 Å². The molecule has 10 heteroatoms. The highest BCUT2D eigenvalue weighted by Gasteiger charge is 2.26. The van der Waals surface area contributed by atoms with Crippen LogP contribution in [0.4, 0.5) is 5.82 Å². The number of nitrogens with one attached hydrogen (secondary N) is 1. The van der Waals surface area contributed by atoms with Crippen molar-refractivity contribution in [2.75, 3.05) is 31.1 Å². The van der Waals surface area contributed by atoms with Crippen molar-refractivity contribution in [1.29, 1.82) is 0 Å². The molecule has 2 aromatic heterocycles. The summed E-state index contributed by atoms with van der Waals surface area (Å²) in [4.78, 5) is 41.8. The van der Waals surface area contributed by atoms with Gasteiger partial charge in [-0.15, -0.1) is 13.2 Å². The molecule has 0 spiro atoms. The Morgan fingerprint density at radius 3 is 2.58 bits per heavy atom. The van der Waals surface area contributed by atoms with Crippen molar-refractivity contribution in [1.82, 2.24) is 24.4 Å². The lowest BCUT2D eigenvalue weighted by Crippen LogP contribution is -2.40. The summed E-state index contributed by atoms with van der Waals surface area (Å²) in [5.74, 6) is 1.31. The summed E-state index contributed by atoms with van der Waals surface area (Å²) in [5.41, 5.74) is 3.30. The molecule has 1 aliphatic rings. The maximum Gasteiger partial charge on any atom is 0.326 e. The van der Waals surface area contributed by atoms with Gasteiger partial charge in [0.05, 0.1) is 11.0 Å². The predicted molar refractivity (Wildman–Crippen MR) is 162 cm³/mol. The molecular weight excluding hydrogens is 544 g/mol. The lowest BCUT2D eigenvalue weighted by atomic mass is 10.0. The van der Waals surface area contributed by atoms with E-state index in [4.69, 9.17) is 11.6 Å². The molecule has 1 aliphatic heterocycles. The monoisotopic (exact) mass is 574 g/mol. The first-order valence-corrected chi connectivity index (χ1v) is 14.5. The molecule has 0 radical (unpaired) electrons. The molecule has 2 aromatic carbocycles. The van der Waals surface area contributed by atoms with Crippen LogP contribution in [0.2, 0.25) is 5.15 Å². The molecule has 206 valence electrons. The third kappa shape index (κ3) is 6.16. The van der Waals surface area contributed by atoms with E-state index in [9.17, 15) is 9.59 Å². The Kier molecular flexibility index (Phi) is 8.72. The minimum atomic E-state index is -0.0962. The summed E-state index contributed by atoms with van der Waals surface area (Å²) in [5, 5.41) is 0.930. The molecule has 5 rings (SSSR count). The number of hydrogen-bond acceptors (Lipinski definition) is 6. The van der Waals surface area contributed by atoms with Crippen molar-refractivity contribution in [3.63, 3.8) is 0 Å². The van der Waals surface area contributed by atoms with Crippen LogP contribution in [-0.2, 0) is 5.75 Å². The number of imidazole rings is 1. The lowest BCUT2D eigenvalue weighted by Gasteiger charge is -2.32. The maximum atomic E-state index is 13.4. The number of aromatic nitrogens is 4. The van der Waals surface area contributed by atoms with E-state index < -0.39 is 0 Å². The summed E-state index contributed by atoms with van der Waals surface area (Å²) in [6.07, 6.45) is 5.07. The number of benzene rings is 2. The van der Waals surface area contributed by atoms with Gasteiger partial charge < -0.3 is 14.8 Å². The van der Waals surface area contributed by atoms with E-state index in [0.29, 0.717) is 53.6 Å². The van der Waals surface area contributed by atoms with E-state index in [1.54, 1.807) is 18.2 Å². The Labute approximate surface area is 242 Å². The zero-order valence-electron chi connectivity index (χ0n) is 22.1. The molecule has 40 heavy (non-hydrogen) atoms. The first kappa shape index (κ1) is 27.7. The summed E-state index contributed by atoms with van der Waals surface area (Å²) < 4.78 is 1.84. The number of carbonyl (C=O) groups is 1. The maximum absolute atomic E-state index is 13.4. The first-order valence-electron chi connectivity index (χ1n) is 13.2. The highest BCUT2D eigenvalue weighted by molar-refractivity contribution is 7.98. The number of amides is 1. The van der Waals surface area contributed by atoms with Gasteiger partial charge in [0, 0.05) is 49.6 Å². The Balaban J connectivity index is 1.23. The Bertz CT molecular complexity index is 1580. The van der Waals surface area contributed by atoms with Crippen molar-refractivity contribution in [2.24, 2.45) is 0 Å². The van der Waals surface area contributed by atoms with Gasteiger partial charge in [-0.1, -0.05) is 59.8 Å². The third-order valence-electron chi connectivity index (χ3n) is 6.97. The number of halogens is 1. The van der Waals surface area contributed by atoms with E-state index in [2.05, 4.69) is 28.1 Å². The fourth-order valence-electron chi connectivity index (χ4n) is 5.07. The van der Waals surface area contributed by atoms with Crippen LogP contribution < -0.4 is 10.6 Å². The van der Waals surface area contributed by atoms with Crippen LogP contribution in [0.1, 0.15) is 34.8 Å². The minimum absolute atomic E-state index is 0.00218. The highest BCUT2D eigenvalue weighted by atomic mass is 35.5. The van der Waals surface area contributed by atoms with Gasteiger partial charge in [-0.25, -0.2) is 14.8 Å². The van der Waals surface area contributed by atoms with Gasteiger partial charge in [-0.3, -0.25) is 9.36 Å². The standard InChI is InChI=1S/C30H31ClN6O2S/c1-3-14-35(15-4-2)27-19-26(31)33-29(34-27)40-20-21-8-7-9-22(18-21)28(38)36-16-12-23(13-17-36)37-25-11-6-5-10-24(25)32-30(37)39/h3-11,18-19,23H,1-2,12-17,20H2,(H,32,39). The number of rotatable bonds is 10. The van der Waals surface area contributed by atoms with Gasteiger partial charge in [0.2, 0.25) is 0 Å². The second-order valence-corrected chi connectivity index (χ2v) is 11.0. The number of H-pyrrole nitrogens is 1. The van der Waals surface area contributed by atoms with Crippen LogP contribution in [0.25, 0.3) is 11.0 Å². The number of likely N-dealkylation sites (tertiary alicyclic amines) is 1. The lowest BCUT2D eigenvalue weighted by molar-refractivity contribution is 0.0695. The van der Waals surface area contributed by atoms with Crippen LogP contribution >= 0.6 is 23.4 Å². The SMILES string of the molecule is C=CCN(CC=C)c1cc(Cl)nc(SCc2cccc(C(=O)N3CCC(n4c(=O)[nH]c5ccccc54)CC3)c2)n1. The first-order chi connectivity index (χ1) is 19.5. The van der Waals surface area contributed by atoms with Crippen molar-refractivity contribution in [3.8, 4) is 0 Å². The number of aromatic amines is 1. The normalized spacial score (nSPS) is 13.9. The Morgan fingerprint density at radius 2 is 1.82 bits per heavy atom. The molecular formula is C30H31ClN6O2S. The average Bonchev–Trinajstić information content (AvgIpc) is 3.31. The summed E-state index contributed by atoms with van der Waals surface area (Å²) >= 11 is 7.76. The van der Waals surface area contributed by atoms with Crippen molar-refractivity contribution in [3.05, 3.63) is 107 Å². The topological polar surface area (TPSA) is 87.1 Å². The van der Waals surface area contributed by atoms with Gasteiger partial charge in [-0.05, 0) is 42.7 Å². The zero-order valence-corrected chi connectivity index (χ0v) is 23.7. The molecule has 3 heterocycles. The van der Waals surface area contributed by atoms with Crippen molar-refractivity contribution in [2.45, 2.75) is 29.8 Å². The number of hydrogen-bond donors (Lipinski definition) is 1. The highest BCUT2D eigenvalue weighted by Crippen LogP contribution is 2.27. The predicted octanol–water partition coefficient (Wildman–Crippen LogP) is 5.72. The van der Waals surface area contributed by atoms with Crippen LogP contribution in [0.15, 0.2) is 89.9 Å². The molecule has 0 saturated carbocycles. The number of anilines is 1. The Hall–Kier alpha value is -3.82. The average molecular weight is 575 g/mol. The quantitative estimate of drug-likeness (QED) is 0.113. The molecule has 0 aliphatic carbocycles. The number of piperidine rings is 1. The third-order valence-corrected chi connectivity index (χ3v) is 8.08. The van der Waals surface area contributed by atoms with E-state index in [1.807, 2.05) is 62.9 Å². The number of nitrogens with zero attached hydrogens (tertiary/aromatic N) is 5. The second kappa shape index (κ2) is 12.6. The summed E-state index contributed by atoms with van der Waals surface area (Å²) in [7, 11) is 0. The summed E-state index contributed by atoms with van der Waals surface area (Å²) in [6, 6.07) is 17.2. The fraction of sp³-hybridized carbons (Fsp3) is 0.267. The number of fused-ring (bicyclic) bond motifs is 1. The molecule has 1 saturated heterocycles. The molecule has 4 aromatic rings. The van der Waals surface area contributed by atoms with E-state index in [-0.39, 0.29) is 17.6 Å². The minimum Gasteiger partial charge on any atom is -0.349 e. The van der Waals surface area contributed by atoms with Crippen LogP contribution in [0, 0.1) is 0 Å².